The second-order valence-electron chi connectivity index (χ2n) is 5.12. The van der Waals surface area contributed by atoms with E-state index in [0.29, 0.717) is 19.0 Å². The van der Waals surface area contributed by atoms with Crippen LogP contribution < -0.4 is 10.6 Å². The standard InChI is InChI=1S/C15H20N2O3S/c18-14(19)13-3-1-2-12(8-13)10-17-15(20)16-9-11-4-6-21-7-5-11/h1-3,8,11H,4-7,9-10H2,(H,18,19)(H2,16,17,20). The lowest BCUT2D eigenvalue weighted by Crippen LogP contribution is -2.38. The van der Waals surface area contributed by atoms with Gasteiger partial charge in [0.05, 0.1) is 5.56 Å². The molecule has 1 aliphatic rings. The molecule has 0 radical (unpaired) electrons. The fraction of sp³-hybridized carbons (Fsp3) is 0.467. The van der Waals surface area contributed by atoms with Crippen molar-refractivity contribution in [2.24, 2.45) is 5.92 Å². The van der Waals surface area contributed by atoms with Gasteiger partial charge in [-0.25, -0.2) is 9.59 Å². The zero-order valence-electron chi connectivity index (χ0n) is 11.8. The normalized spacial score (nSPS) is 15.4. The number of hydrogen-bond donors (Lipinski definition) is 3. The van der Waals surface area contributed by atoms with Crippen molar-refractivity contribution in [1.29, 1.82) is 0 Å². The monoisotopic (exact) mass is 308 g/mol. The molecule has 3 N–H and O–H groups in total. The molecule has 1 fully saturated rings. The van der Waals surface area contributed by atoms with Crippen molar-refractivity contribution < 1.29 is 14.7 Å². The van der Waals surface area contributed by atoms with Crippen LogP contribution in [0.25, 0.3) is 0 Å². The van der Waals surface area contributed by atoms with Gasteiger partial charge in [0, 0.05) is 13.1 Å². The molecule has 0 atom stereocenters. The summed E-state index contributed by atoms with van der Waals surface area (Å²) in [6.45, 7) is 1.04. The van der Waals surface area contributed by atoms with Gasteiger partial charge in [0.25, 0.3) is 0 Å². The Kier molecular flexibility index (Phi) is 5.92. The molecule has 0 aliphatic carbocycles. The van der Waals surface area contributed by atoms with Crippen LogP contribution in [-0.2, 0) is 6.54 Å². The van der Waals surface area contributed by atoms with E-state index < -0.39 is 5.97 Å². The van der Waals surface area contributed by atoms with Crippen LogP contribution in [0.1, 0.15) is 28.8 Å². The van der Waals surface area contributed by atoms with Gasteiger partial charge >= 0.3 is 12.0 Å². The third-order valence-corrected chi connectivity index (χ3v) is 4.57. The smallest absolute Gasteiger partial charge is 0.335 e. The summed E-state index contributed by atoms with van der Waals surface area (Å²) < 4.78 is 0. The highest BCUT2D eigenvalue weighted by Gasteiger charge is 2.14. The first-order valence-corrected chi connectivity index (χ1v) is 8.22. The van der Waals surface area contributed by atoms with E-state index in [0.717, 1.165) is 18.4 Å². The van der Waals surface area contributed by atoms with Crippen LogP contribution in [0.15, 0.2) is 24.3 Å². The lowest BCUT2D eigenvalue weighted by atomic mass is 10.0. The molecule has 1 saturated heterocycles. The van der Waals surface area contributed by atoms with Crippen molar-refractivity contribution in [2.45, 2.75) is 19.4 Å². The minimum Gasteiger partial charge on any atom is -0.478 e. The number of hydrogen-bond acceptors (Lipinski definition) is 3. The van der Waals surface area contributed by atoms with E-state index in [1.165, 1.54) is 17.6 Å². The molecule has 0 spiro atoms. The maximum atomic E-state index is 11.7. The largest absolute Gasteiger partial charge is 0.478 e. The highest BCUT2D eigenvalue weighted by atomic mass is 32.2. The molecule has 1 aromatic rings. The number of urea groups is 1. The Hall–Kier alpha value is -1.69. The van der Waals surface area contributed by atoms with Crippen molar-refractivity contribution in [1.82, 2.24) is 10.6 Å². The summed E-state index contributed by atoms with van der Waals surface area (Å²) in [5.74, 6) is 1.97. The van der Waals surface area contributed by atoms with Gasteiger partial charge in [-0.05, 0) is 48.0 Å². The molecular formula is C15H20N2O3S. The number of aromatic carboxylic acids is 1. The lowest BCUT2D eigenvalue weighted by molar-refractivity contribution is 0.0696. The molecular weight excluding hydrogens is 288 g/mol. The number of carboxylic acids is 1. The Morgan fingerprint density at radius 1 is 1.24 bits per heavy atom. The van der Waals surface area contributed by atoms with Gasteiger partial charge in [-0.3, -0.25) is 0 Å². The number of carbonyl (C=O) groups is 2. The number of amides is 2. The molecule has 0 unspecified atom stereocenters. The Balaban J connectivity index is 1.73. The highest BCUT2D eigenvalue weighted by molar-refractivity contribution is 7.99. The third-order valence-electron chi connectivity index (χ3n) is 3.52. The van der Waals surface area contributed by atoms with Crippen LogP contribution in [0.2, 0.25) is 0 Å². The zero-order valence-corrected chi connectivity index (χ0v) is 12.6. The molecule has 2 amide bonds. The van der Waals surface area contributed by atoms with Crippen LogP contribution >= 0.6 is 11.8 Å². The number of benzene rings is 1. The zero-order chi connectivity index (χ0) is 15.1. The van der Waals surface area contributed by atoms with E-state index in [4.69, 9.17) is 5.11 Å². The van der Waals surface area contributed by atoms with Crippen LogP contribution in [0.3, 0.4) is 0 Å². The fourth-order valence-corrected chi connectivity index (χ4v) is 3.45. The van der Waals surface area contributed by atoms with E-state index in [2.05, 4.69) is 10.6 Å². The van der Waals surface area contributed by atoms with Gasteiger partial charge in [-0.2, -0.15) is 11.8 Å². The summed E-state index contributed by atoms with van der Waals surface area (Å²) in [7, 11) is 0. The van der Waals surface area contributed by atoms with Crippen molar-refractivity contribution >= 4 is 23.8 Å². The molecule has 0 bridgehead atoms. The molecule has 21 heavy (non-hydrogen) atoms. The number of carboxylic acid groups (broad SMARTS) is 1. The van der Waals surface area contributed by atoms with E-state index in [9.17, 15) is 9.59 Å². The molecule has 2 rings (SSSR count). The number of nitrogens with one attached hydrogen (secondary N) is 2. The van der Waals surface area contributed by atoms with Gasteiger partial charge in [0.15, 0.2) is 0 Å². The first kappa shape index (κ1) is 15.7. The summed E-state index contributed by atoms with van der Waals surface area (Å²) >= 11 is 1.97. The second-order valence-corrected chi connectivity index (χ2v) is 6.35. The SMILES string of the molecule is O=C(NCc1cccc(C(=O)O)c1)NCC1CCSCC1. The predicted octanol–water partition coefficient (Wildman–Crippen LogP) is 2.33. The van der Waals surface area contributed by atoms with Crippen molar-refractivity contribution in [3.05, 3.63) is 35.4 Å². The van der Waals surface area contributed by atoms with Crippen LogP contribution in [0.4, 0.5) is 4.79 Å². The second kappa shape index (κ2) is 7.93. The predicted molar refractivity (Wildman–Crippen MR) is 83.7 cm³/mol. The molecule has 0 aromatic heterocycles. The van der Waals surface area contributed by atoms with E-state index >= 15 is 0 Å². The fourth-order valence-electron chi connectivity index (χ4n) is 2.25. The maximum absolute atomic E-state index is 11.7. The van der Waals surface area contributed by atoms with Crippen molar-refractivity contribution in [3.63, 3.8) is 0 Å². The van der Waals surface area contributed by atoms with E-state index in [-0.39, 0.29) is 11.6 Å². The Bertz CT molecular complexity index is 501. The van der Waals surface area contributed by atoms with Gasteiger partial charge in [-0.15, -0.1) is 0 Å². The van der Waals surface area contributed by atoms with E-state index in [1.807, 2.05) is 11.8 Å². The topological polar surface area (TPSA) is 78.4 Å². The molecule has 1 aromatic carbocycles. The molecule has 1 aliphatic heterocycles. The van der Waals surface area contributed by atoms with Crippen molar-refractivity contribution in [2.75, 3.05) is 18.1 Å². The Morgan fingerprint density at radius 2 is 2.00 bits per heavy atom. The molecule has 6 heteroatoms. The molecule has 114 valence electrons. The minimum atomic E-state index is -0.962. The van der Waals surface area contributed by atoms with Crippen LogP contribution in [0, 0.1) is 5.92 Å². The number of carbonyl (C=O) groups excluding carboxylic acids is 1. The number of rotatable bonds is 5. The highest BCUT2D eigenvalue weighted by Crippen LogP contribution is 2.21. The average molecular weight is 308 g/mol. The Labute approximate surface area is 128 Å². The molecule has 5 nitrogen and oxygen atoms in total. The van der Waals surface area contributed by atoms with E-state index in [1.54, 1.807) is 18.2 Å². The van der Waals surface area contributed by atoms with Crippen LogP contribution in [-0.4, -0.2) is 35.2 Å². The first-order chi connectivity index (χ1) is 10.1. The maximum Gasteiger partial charge on any atom is 0.335 e. The van der Waals surface area contributed by atoms with Crippen LogP contribution in [0.5, 0.6) is 0 Å². The quantitative estimate of drug-likeness (QED) is 0.780. The number of thioether (sulfide) groups is 1. The Morgan fingerprint density at radius 3 is 2.71 bits per heavy atom. The summed E-state index contributed by atoms with van der Waals surface area (Å²) in [5, 5.41) is 14.6. The van der Waals surface area contributed by atoms with Gasteiger partial charge in [-0.1, -0.05) is 12.1 Å². The van der Waals surface area contributed by atoms with Gasteiger partial charge < -0.3 is 15.7 Å². The average Bonchev–Trinajstić information content (AvgIpc) is 2.52. The molecule has 1 heterocycles. The summed E-state index contributed by atoms with van der Waals surface area (Å²) in [5.41, 5.74) is 1.01. The third kappa shape index (κ3) is 5.30. The van der Waals surface area contributed by atoms with Gasteiger partial charge in [0.1, 0.15) is 0 Å². The summed E-state index contributed by atoms with van der Waals surface area (Å²) in [4.78, 5) is 22.6. The summed E-state index contributed by atoms with van der Waals surface area (Å²) in [6, 6.07) is 6.38. The van der Waals surface area contributed by atoms with Gasteiger partial charge in [0.2, 0.25) is 0 Å². The first-order valence-electron chi connectivity index (χ1n) is 7.07. The minimum absolute atomic E-state index is 0.200. The lowest BCUT2D eigenvalue weighted by Gasteiger charge is -2.21. The van der Waals surface area contributed by atoms with Crippen molar-refractivity contribution in [3.8, 4) is 0 Å². The molecule has 0 saturated carbocycles. The summed E-state index contributed by atoms with van der Waals surface area (Å²) in [6.07, 6.45) is 2.32.